The van der Waals surface area contributed by atoms with E-state index in [1.807, 2.05) is 36.7 Å². The molecule has 7 heteroatoms. The van der Waals surface area contributed by atoms with E-state index < -0.39 is 0 Å². The molecule has 0 aliphatic heterocycles. The van der Waals surface area contributed by atoms with Crippen LogP contribution in [0.15, 0.2) is 54.6 Å². The molecule has 0 amide bonds. The first-order valence-electron chi connectivity index (χ1n) is 10.3. The van der Waals surface area contributed by atoms with E-state index in [0.29, 0.717) is 5.69 Å². The summed E-state index contributed by atoms with van der Waals surface area (Å²) in [7, 11) is 0. The average molecular weight is 604 g/mol. The minimum Gasteiger partial charge on any atom is -0.512 e. The summed E-state index contributed by atoms with van der Waals surface area (Å²) in [5, 5.41) is 10.5. The number of aliphatic hydroxyl groups excluding tert-OH is 1. The second kappa shape index (κ2) is 9.95. The zero-order chi connectivity index (χ0) is 22.0. The summed E-state index contributed by atoms with van der Waals surface area (Å²) >= 11 is 0. The molecule has 3 heterocycles. The van der Waals surface area contributed by atoms with Crippen LogP contribution in [0.3, 0.4) is 0 Å². The van der Waals surface area contributed by atoms with Crippen LogP contribution >= 0.6 is 0 Å². The van der Waals surface area contributed by atoms with Crippen molar-refractivity contribution in [2.75, 3.05) is 0 Å². The van der Waals surface area contributed by atoms with Gasteiger partial charge in [-0.05, 0) is 79.5 Å². The number of allylic oxidation sites excluding steroid dienone is 2. The second-order valence-corrected chi connectivity index (χ2v) is 7.71. The molecule has 1 N–H and O–H groups in total. The number of carbonyl (C=O) groups excluding carboxylic acids is 1. The van der Waals surface area contributed by atoms with Crippen LogP contribution < -0.4 is 4.98 Å². The van der Waals surface area contributed by atoms with Crippen LogP contribution in [-0.4, -0.2) is 20.4 Å². The molecule has 0 unspecified atom stereocenters. The van der Waals surface area contributed by atoms with E-state index in [4.69, 9.17) is 16.7 Å². The van der Waals surface area contributed by atoms with Gasteiger partial charge >= 0.3 is 0 Å². The number of fused-ring (bicyclic) bond motifs is 4. The first kappa shape index (κ1) is 23.5. The second-order valence-electron chi connectivity index (χ2n) is 7.71. The predicted octanol–water partition coefficient (Wildman–Crippen LogP) is 5.60. The van der Waals surface area contributed by atoms with E-state index in [0.717, 1.165) is 40.6 Å². The fourth-order valence-electron chi connectivity index (χ4n) is 4.15. The summed E-state index contributed by atoms with van der Waals surface area (Å²) in [5.41, 5.74) is 5.38. The van der Waals surface area contributed by atoms with Crippen molar-refractivity contribution in [1.29, 1.82) is 0 Å². The van der Waals surface area contributed by atoms with Gasteiger partial charge in [-0.15, -0.1) is 0 Å². The molecule has 165 valence electrons. The van der Waals surface area contributed by atoms with Gasteiger partial charge in [0.15, 0.2) is 11.5 Å². The number of benzene rings is 1. The molecular weight excluding hydrogens is 581 g/mol. The first-order valence-corrected chi connectivity index (χ1v) is 10.3. The molecule has 4 aromatic rings. The summed E-state index contributed by atoms with van der Waals surface area (Å²) in [5.74, 6) is 0.950. The smallest absolute Gasteiger partial charge is 0.187 e. The van der Waals surface area contributed by atoms with Crippen molar-refractivity contribution < 1.29 is 30.0 Å². The summed E-state index contributed by atoms with van der Waals surface area (Å²) in [4.78, 5) is 23.0. The van der Waals surface area contributed by atoms with Crippen LogP contribution in [0.5, 0.6) is 0 Å². The van der Waals surface area contributed by atoms with Crippen LogP contribution in [0, 0.1) is 6.57 Å². The standard InChI is InChI=1S/C20H15N4.C5H8O2.Ir/c1-21-14-8-9-18-17(11-14)16-7-4-10-22-20(16)24(18)19-15-6-3-2-5-13(15)12-23-19;1-4(6)3-5(2)7;/h4,7-12H,2-3,5-6H2;3,6H,1-2H3;/q-1;;/b;4-3-;. The number of ketones is 1. The molecular formula is C25H23IrN4O2-. The third kappa shape index (κ3) is 4.52. The van der Waals surface area contributed by atoms with E-state index in [9.17, 15) is 4.79 Å². The minimum atomic E-state index is -0.125. The summed E-state index contributed by atoms with van der Waals surface area (Å²) in [6, 6.07) is 9.88. The number of hydrogen-bond acceptors (Lipinski definition) is 3. The topological polar surface area (TPSA) is 73.6 Å². The van der Waals surface area contributed by atoms with Crippen molar-refractivity contribution in [3.05, 3.63) is 77.1 Å². The maximum atomic E-state index is 10.0. The SMILES string of the molecule is CC(=O)/C=C(/C)O.[C-]#[N+]c1ccc2c(c1)c1cccnc1n2-c1[n-]cc2c1CCCC2.[Ir]. The minimum absolute atomic E-state index is 0. The number of pyridine rings is 1. The fourth-order valence-corrected chi connectivity index (χ4v) is 4.15. The Balaban J connectivity index is 0.000000318. The third-order valence-electron chi connectivity index (χ3n) is 5.39. The molecule has 0 atom stereocenters. The van der Waals surface area contributed by atoms with E-state index in [1.54, 1.807) is 0 Å². The maximum absolute atomic E-state index is 10.0. The number of carbonyl (C=O) groups is 1. The van der Waals surface area contributed by atoms with E-state index >= 15 is 0 Å². The van der Waals surface area contributed by atoms with Gasteiger partial charge in [0.1, 0.15) is 0 Å². The molecule has 1 aliphatic rings. The fraction of sp³-hybridized carbons (Fsp3) is 0.240. The monoisotopic (exact) mass is 604 g/mol. The van der Waals surface area contributed by atoms with E-state index in [-0.39, 0.29) is 31.6 Å². The Labute approximate surface area is 200 Å². The van der Waals surface area contributed by atoms with Crippen LogP contribution in [0.1, 0.15) is 37.8 Å². The van der Waals surface area contributed by atoms with Gasteiger partial charge in [0.25, 0.3) is 0 Å². The van der Waals surface area contributed by atoms with Crippen LogP contribution in [-0.2, 0) is 37.7 Å². The Hall–Kier alpha value is -3.20. The Morgan fingerprint density at radius 3 is 2.69 bits per heavy atom. The van der Waals surface area contributed by atoms with Crippen LogP contribution in [0.4, 0.5) is 5.69 Å². The van der Waals surface area contributed by atoms with Crippen LogP contribution in [0.25, 0.3) is 32.6 Å². The summed E-state index contributed by atoms with van der Waals surface area (Å²) in [6.07, 6.45) is 9.68. The molecule has 1 radical (unpaired) electrons. The van der Waals surface area contributed by atoms with Crippen molar-refractivity contribution in [2.24, 2.45) is 0 Å². The molecule has 0 fully saturated rings. The molecule has 32 heavy (non-hydrogen) atoms. The van der Waals surface area contributed by atoms with E-state index in [1.165, 1.54) is 43.9 Å². The van der Waals surface area contributed by atoms with Gasteiger partial charge in [0.05, 0.1) is 18.0 Å². The molecule has 0 saturated carbocycles. The van der Waals surface area contributed by atoms with Gasteiger partial charge in [-0.2, -0.15) is 0 Å². The van der Waals surface area contributed by atoms with Gasteiger partial charge in [0, 0.05) is 37.8 Å². The number of hydrogen-bond donors (Lipinski definition) is 1. The Bertz CT molecular complexity index is 1350. The van der Waals surface area contributed by atoms with Gasteiger partial charge < -0.3 is 14.7 Å². The average Bonchev–Trinajstić information content (AvgIpc) is 3.31. The van der Waals surface area contributed by atoms with Crippen molar-refractivity contribution in [2.45, 2.75) is 39.5 Å². The molecule has 0 saturated heterocycles. The molecule has 0 spiro atoms. The normalized spacial score (nSPS) is 13.0. The molecule has 0 bridgehead atoms. The zero-order valence-corrected chi connectivity index (χ0v) is 20.3. The Morgan fingerprint density at radius 2 is 2.00 bits per heavy atom. The van der Waals surface area contributed by atoms with Crippen molar-refractivity contribution in [1.82, 2.24) is 14.5 Å². The predicted molar refractivity (Wildman–Crippen MR) is 122 cm³/mol. The van der Waals surface area contributed by atoms with Gasteiger partial charge in [-0.3, -0.25) is 9.78 Å². The number of rotatable bonds is 2. The van der Waals surface area contributed by atoms with Crippen molar-refractivity contribution >= 4 is 33.4 Å². The molecule has 1 aliphatic carbocycles. The molecule has 3 aromatic heterocycles. The molecule has 5 rings (SSSR count). The Kier molecular flexibility index (Phi) is 7.29. The van der Waals surface area contributed by atoms with Gasteiger partial charge in [0.2, 0.25) is 0 Å². The molecule has 6 nitrogen and oxygen atoms in total. The van der Waals surface area contributed by atoms with E-state index in [2.05, 4.69) is 20.5 Å². The third-order valence-corrected chi connectivity index (χ3v) is 5.39. The largest absolute Gasteiger partial charge is 0.512 e. The number of aryl methyl sites for hydroxylation is 1. The van der Waals surface area contributed by atoms with Crippen molar-refractivity contribution in [3.63, 3.8) is 0 Å². The number of nitrogens with zero attached hydrogens (tertiary/aromatic N) is 4. The zero-order valence-electron chi connectivity index (χ0n) is 17.9. The quantitative estimate of drug-likeness (QED) is 0.184. The van der Waals surface area contributed by atoms with Crippen LogP contribution in [0.2, 0.25) is 0 Å². The van der Waals surface area contributed by atoms with Gasteiger partial charge in [-0.1, -0.05) is 24.4 Å². The Morgan fingerprint density at radius 1 is 1.22 bits per heavy atom. The van der Waals surface area contributed by atoms with Gasteiger partial charge in [-0.25, -0.2) is 4.85 Å². The first-order chi connectivity index (χ1) is 15.0. The summed E-state index contributed by atoms with van der Waals surface area (Å²) in [6.45, 7) is 10.1. The van der Waals surface area contributed by atoms with Crippen molar-refractivity contribution in [3.8, 4) is 5.82 Å². The number of aliphatic hydroxyl groups is 1. The maximum Gasteiger partial charge on any atom is 0.187 e. The number of aromatic nitrogens is 3. The molecule has 1 aromatic carbocycles. The summed E-state index contributed by atoms with van der Waals surface area (Å²) < 4.78 is 2.17.